The first kappa shape index (κ1) is 20.3. The molecule has 0 bridgehead atoms. The largest absolute Gasteiger partial charge is 0.465 e. The van der Waals surface area contributed by atoms with Crippen molar-refractivity contribution in [1.29, 1.82) is 0 Å². The molecule has 3 aromatic rings. The molecule has 158 valence electrons. The first-order valence-corrected chi connectivity index (χ1v) is 10.2. The van der Waals surface area contributed by atoms with Crippen molar-refractivity contribution in [2.24, 2.45) is 0 Å². The van der Waals surface area contributed by atoms with Crippen molar-refractivity contribution in [3.05, 3.63) is 63.6 Å². The molecule has 1 aliphatic heterocycles. The number of hydrogen-bond acceptors (Lipinski definition) is 7. The van der Waals surface area contributed by atoms with Crippen LogP contribution in [0.15, 0.2) is 39.7 Å². The molecule has 0 amide bonds. The fourth-order valence-corrected chi connectivity index (χ4v) is 3.55. The van der Waals surface area contributed by atoms with Crippen LogP contribution in [0.5, 0.6) is 0 Å². The maximum Gasteiger partial charge on any atom is 0.254 e. The summed E-state index contributed by atoms with van der Waals surface area (Å²) in [7, 11) is 0. The molecule has 1 aliphatic rings. The number of anilines is 1. The molecule has 1 saturated heterocycles. The van der Waals surface area contributed by atoms with Crippen molar-refractivity contribution in [3.63, 3.8) is 0 Å². The third kappa shape index (κ3) is 4.44. The molecule has 0 spiro atoms. The minimum absolute atomic E-state index is 0.0989. The Morgan fingerprint density at radius 2 is 1.97 bits per heavy atom. The highest BCUT2D eigenvalue weighted by Gasteiger charge is 2.25. The van der Waals surface area contributed by atoms with Gasteiger partial charge in [-0.25, -0.2) is 9.97 Å². The Bertz CT molecular complexity index is 1050. The van der Waals surface area contributed by atoms with E-state index in [2.05, 4.69) is 25.2 Å². The standard InChI is InChI=1S/C22H27N5O3/c1-14-4-6-19(30-14)18(27-8-10-29-11-9-27)13-24-20-7-5-17(12-23-20)21-25-16(3)15(2)22(28)26-21/h4-7,12,18H,8-11,13H2,1-3H3,(H,23,24)(H,25,26,28). The fraction of sp³-hybridized carbons (Fsp3) is 0.409. The molecule has 8 nitrogen and oxygen atoms in total. The Labute approximate surface area is 175 Å². The number of hydrogen-bond donors (Lipinski definition) is 2. The number of nitrogens with zero attached hydrogens (tertiary/aromatic N) is 3. The predicted molar refractivity (Wildman–Crippen MR) is 115 cm³/mol. The number of furan rings is 1. The van der Waals surface area contributed by atoms with Crippen molar-refractivity contribution in [1.82, 2.24) is 19.9 Å². The first-order chi connectivity index (χ1) is 14.5. The molecule has 0 radical (unpaired) electrons. The van der Waals surface area contributed by atoms with E-state index < -0.39 is 0 Å². The average Bonchev–Trinajstić information content (AvgIpc) is 3.19. The number of aromatic nitrogens is 3. The molecule has 1 atom stereocenters. The quantitative estimate of drug-likeness (QED) is 0.646. The van der Waals surface area contributed by atoms with Gasteiger partial charge in [-0.15, -0.1) is 0 Å². The van der Waals surface area contributed by atoms with E-state index in [1.165, 1.54) is 0 Å². The first-order valence-electron chi connectivity index (χ1n) is 10.2. The van der Waals surface area contributed by atoms with Gasteiger partial charge in [-0.05, 0) is 45.0 Å². The van der Waals surface area contributed by atoms with Crippen LogP contribution in [0, 0.1) is 20.8 Å². The van der Waals surface area contributed by atoms with Crippen molar-refractivity contribution in [2.75, 3.05) is 38.2 Å². The summed E-state index contributed by atoms with van der Waals surface area (Å²) in [6.45, 7) is 9.40. The lowest BCUT2D eigenvalue weighted by atomic mass is 10.1. The molecule has 4 rings (SSSR count). The molecule has 3 aromatic heterocycles. The Hall–Kier alpha value is -2.97. The SMILES string of the molecule is Cc1ccc(C(CNc2ccc(-c3nc(C)c(C)c(=O)[nH]3)cn2)N2CCOCC2)o1. The second-order valence-electron chi connectivity index (χ2n) is 7.55. The summed E-state index contributed by atoms with van der Waals surface area (Å²) < 4.78 is 11.4. The highest BCUT2D eigenvalue weighted by molar-refractivity contribution is 5.56. The lowest BCUT2D eigenvalue weighted by molar-refractivity contribution is 0.0143. The van der Waals surface area contributed by atoms with Crippen LogP contribution in [-0.2, 0) is 4.74 Å². The number of H-pyrrole nitrogens is 1. The normalized spacial score (nSPS) is 15.8. The van der Waals surface area contributed by atoms with Gasteiger partial charge in [0.15, 0.2) is 0 Å². The van der Waals surface area contributed by atoms with Gasteiger partial charge >= 0.3 is 0 Å². The van der Waals surface area contributed by atoms with Gasteiger partial charge in [0.05, 0.1) is 19.3 Å². The van der Waals surface area contributed by atoms with Crippen LogP contribution in [-0.4, -0.2) is 52.7 Å². The highest BCUT2D eigenvalue weighted by atomic mass is 16.5. The zero-order valence-electron chi connectivity index (χ0n) is 17.6. The molecule has 2 N–H and O–H groups in total. The van der Waals surface area contributed by atoms with Crippen molar-refractivity contribution >= 4 is 5.82 Å². The highest BCUT2D eigenvalue weighted by Crippen LogP contribution is 2.25. The van der Waals surface area contributed by atoms with E-state index in [4.69, 9.17) is 9.15 Å². The summed E-state index contributed by atoms with van der Waals surface area (Å²) in [5.41, 5.74) is 2.00. The van der Waals surface area contributed by atoms with E-state index in [0.29, 0.717) is 17.9 Å². The fourth-order valence-electron chi connectivity index (χ4n) is 3.55. The number of morpholine rings is 1. The summed E-state index contributed by atoms with van der Waals surface area (Å²) in [5, 5.41) is 3.41. The topological polar surface area (TPSA) is 96.3 Å². The van der Waals surface area contributed by atoms with Crippen LogP contribution in [0.4, 0.5) is 5.82 Å². The molecule has 0 aliphatic carbocycles. The maximum atomic E-state index is 12.0. The third-order valence-corrected chi connectivity index (χ3v) is 5.48. The molecular weight excluding hydrogens is 382 g/mol. The van der Waals surface area contributed by atoms with Gasteiger partial charge in [-0.2, -0.15) is 0 Å². The van der Waals surface area contributed by atoms with Crippen LogP contribution in [0.1, 0.15) is 28.8 Å². The Morgan fingerprint density at radius 1 is 1.17 bits per heavy atom. The smallest absolute Gasteiger partial charge is 0.254 e. The summed E-state index contributed by atoms with van der Waals surface area (Å²) in [6.07, 6.45) is 1.72. The Balaban J connectivity index is 1.48. The van der Waals surface area contributed by atoms with Crippen LogP contribution < -0.4 is 10.9 Å². The minimum Gasteiger partial charge on any atom is -0.465 e. The molecular formula is C22H27N5O3. The number of pyridine rings is 1. The Morgan fingerprint density at radius 3 is 2.60 bits per heavy atom. The molecule has 0 saturated carbocycles. The van der Waals surface area contributed by atoms with E-state index >= 15 is 0 Å². The average molecular weight is 409 g/mol. The van der Waals surface area contributed by atoms with Gasteiger partial charge in [-0.1, -0.05) is 0 Å². The lowest BCUT2D eigenvalue weighted by Crippen LogP contribution is -2.41. The molecule has 1 fully saturated rings. The van der Waals surface area contributed by atoms with E-state index in [-0.39, 0.29) is 11.6 Å². The summed E-state index contributed by atoms with van der Waals surface area (Å²) in [4.78, 5) is 26.2. The van der Waals surface area contributed by atoms with E-state index in [9.17, 15) is 4.79 Å². The number of ether oxygens (including phenoxy) is 1. The third-order valence-electron chi connectivity index (χ3n) is 5.48. The van der Waals surface area contributed by atoms with E-state index in [0.717, 1.165) is 54.9 Å². The molecule has 0 aromatic carbocycles. The van der Waals surface area contributed by atoms with Crippen molar-refractivity contribution < 1.29 is 9.15 Å². The van der Waals surface area contributed by atoms with Gasteiger partial charge < -0.3 is 19.5 Å². The van der Waals surface area contributed by atoms with E-state index in [1.54, 1.807) is 13.1 Å². The predicted octanol–water partition coefficient (Wildman–Crippen LogP) is 2.84. The summed E-state index contributed by atoms with van der Waals surface area (Å²) in [5.74, 6) is 3.13. The van der Waals surface area contributed by atoms with Gasteiger partial charge in [0.25, 0.3) is 5.56 Å². The number of nitrogens with one attached hydrogen (secondary N) is 2. The van der Waals surface area contributed by atoms with Gasteiger partial charge in [-0.3, -0.25) is 9.69 Å². The Kier molecular flexibility index (Phi) is 5.96. The maximum absolute atomic E-state index is 12.0. The molecule has 30 heavy (non-hydrogen) atoms. The summed E-state index contributed by atoms with van der Waals surface area (Å²) in [6, 6.07) is 7.93. The van der Waals surface area contributed by atoms with Crippen molar-refractivity contribution in [3.8, 4) is 11.4 Å². The summed E-state index contributed by atoms with van der Waals surface area (Å²) >= 11 is 0. The molecule has 8 heteroatoms. The number of aryl methyl sites for hydroxylation is 2. The minimum atomic E-state index is -0.123. The van der Waals surface area contributed by atoms with Gasteiger partial charge in [0, 0.05) is 42.7 Å². The molecule has 4 heterocycles. The van der Waals surface area contributed by atoms with Crippen LogP contribution >= 0.6 is 0 Å². The van der Waals surface area contributed by atoms with Crippen molar-refractivity contribution in [2.45, 2.75) is 26.8 Å². The monoisotopic (exact) mass is 409 g/mol. The van der Waals surface area contributed by atoms with Gasteiger partial charge in [0.2, 0.25) is 0 Å². The second kappa shape index (κ2) is 8.81. The zero-order valence-corrected chi connectivity index (χ0v) is 17.6. The second-order valence-corrected chi connectivity index (χ2v) is 7.55. The van der Waals surface area contributed by atoms with Crippen LogP contribution in [0.3, 0.4) is 0 Å². The molecule has 1 unspecified atom stereocenters. The van der Waals surface area contributed by atoms with Gasteiger partial charge in [0.1, 0.15) is 23.2 Å². The zero-order chi connectivity index (χ0) is 21.1. The van der Waals surface area contributed by atoms with Crippen LogP contribution in [0.25, 0.3) is 11.4 Å². The van der Waals surface area contributed by atoms with Crippen LogP contribution in [0.2, 0.25) is 0 Å². The lowest BCUT2D eigenvalue weighted by Gasteiger charge is -2.33. The van der Waals surface area contributed by atoms with E-state index in [1.807, 2.05) is 38.1 Å². The number of aromatic amines is 1. The number of rotatable bonds is 6.